The van der Waals surface area contributed by atoms with Gasteiger partial charge < -0.3 is 4.74 Å². The van der Waals surface area contributed by atoms with Crippen LogP contribution < -0.4 is 14.8 Å². The van der Waals surface area contributed by atoms with Gasteiger partial charge in [0.25, 0.3) is 5.56 Å². The van der Waals surface area contributed by atoms with Crippen molar-refractivity contribution in [1.29, 1.82) is 0 Å². The molecule has 0 atom stereocenters. The van der Waals surface area contributed by atoms with Crippen LogP contribution in [0.5, 0.6) is 5.75 Å². The highest BCUT2D eigenvalue weighted by Crippen LogP contribution is 2.27. The van der Waals surface area contributed by atoms with Gasteiger partial charge in [0.05, 0.1) is 16.8 Å². The molecular formula is C30H25N5O2S. The summed E-state index contributed by atoms with van der Waals surface area (Å²) in [6.45, 7) is 4.76. The number of thiazole rings is 1. The number of nitrogens with zero attached hydrogens (tertiary/aromatic N) is 5. The minimum absolute atomic E-state index is 0.195. The van der Waals surface area contributed by atoms with Crippen LogP contribution in [0.4, 0.5) is 0 Å². The number of ether oxygens (including phenoxy) is 1. The van der Waals surface area contributed by atoms with Crippen LogP contribution in [0.15, 0.2) is 89.9 Å². The molecule has 0 N–H and O–H groups in total. The van der Waals surface area contributed by atoms with E-state index < -0.39 is 0 Å². The first-order valence-electron chi connectivity index (χ1n) is 12.5. The number of aromatic nitrogens is 5. The lowest BCUT2D eigenvalue weighted by molar-refractivity contribution is 0.317. The fourth-order valence-corrected chi connectivity index (χ4v) is 5.17. The molecule has 7 nitrogen and oxygen atoms in total. The molecule has 6 aromatic rings. The molecule has 0 radical (unpaired) electrons. The smallest absolute Gasteiger partial charge is 0.291 e. The average Bonchev–Trinajstić information content (AvgIpc) is 3.64. The Labute approximate surface area is 223 Å². The number of para-hydroxylation sites is 1. The van der Waals surface area contributed by atoms with E-state index in [0.717, 1.165) is 45.8 Å². The van der Waals surface area contributed by atoms with Crippen LogP contribution in [0.3, 0.4) is 0 Å². The first-order chi connectivity index (χ1) is 18.6. The van der Waals surface area contributed by atoms with Crippen LogP contribution in [0.1, 0.15) is 24.5 Å². The molecule has 0 aliphatic carbocycles. The van der Waals surface area contributed by atoms with E-state index >= 15 is 0 Å². The Morgan fingerprint density at radius 3 is 2.45 bits per heavy atom. The van der Waals surface area contributed by atoms with Gasteiger partial charge in [-0.25, -0.2) is 4.68 Å². The second-order valence-corrected chi connectivity index (χ2v) is 9.96. The Bertz CT molecular complexity index is 1840. The van der Waals surface area contributed by atoms with Gasteiger partial charge in [-0.1, -0.05) is 60.7 Å². The molecule has 6 rings (SSSR count). The molecule has 0 fully saturated rings. The molecule has 3 heterocycles. The monoisotopic (exact) mass is 519 g/mol. The predicted octanol–water partition coefficient (Wildman–Crippen LogP) is 5.32. The lowest BCUT2D eigenvalue weighted by Crippen LogP contribution is -2.23. The third kappa shape index (κ3) is 4.50. The zero-order valence-corrected chi connectivity index (χ0v) is 21.9. The van der Waals surface area contributed by atoms with Gasteiger partial charge in [0.2, 0.25) is 4.96 Å². The average molecular weight is 520 g/mol. The van der Waals surface area contributed by atoms with Crippen molar-refractivity contribution in [1.82, 2.24) is 24.4 Å². The highest BCUT2D eigenvalue weighted by atomic mass is 32.1. The molecule has 0 amide bonds. The lowest BCUT2D eigenvalue weighted by Gasteiger charge is -2.05. The summed E-state index contributed by atoms with van der Waals surface area (Å²) < 4.78 is 9.52. The Hall–Kier alpha value is -4.56. The Balaban J connectivity index is 1.44. The van der Waals surface area contributed by atoms with E-state index in [4.69, 9.17) is 9.84 Å². The Morgan fingerprint density at radius 2 is 1.71 bits per heavy atom. The summed E-state index contributed by atoms with van der Waals surface area (Å²) in [5.74, 6) is 1.38. The van der Waals surface area contributed by atoms with Crippen molar-refractivity contribution in [2.75, 3.05) is 6.61 Å². The molecule has 0 bridgehead atoms. The second-order valence-electron chi connectivity index (χ2n) is 8.95. The van der Waals surface area contributed by atoms with Crippen LogP contribution in [-0.4, -0.2) is 31.0 Å². The minimum Gasteiger partial charge on any atom is -0.494 e. The van der Waals surface area contributed by atoms with Crippen molar-refractivity contribution in [2.45, 2.75) is 20.3 Å². The summed E-state index contributed by atoms with van der Waals surface area (Å²) in [4.78, 5) is 18.5. The molecule has 3 aromatic carbocycles. The number of fused-ring (bicyclic) bond motifs is 1. The van der Waals surface area contributed by atoms with E-state index in [2.05, 4.69) is 17.0 Å². The van der Waals surface area contributed by atoms with Crippen molar-refractivity contribution < 1.29 is 4.74 Å². The topological polar surface area (TPSA) is 74.3 Å². The van der Waals surface area contributed by atoms with Gasteiger partial charge in [-0.15, -0.1) is 5.10 Å². The SMILES string of the molecule is CCCOc1ccc(-c2nn(-c3ccccc3)cc2/C=c2\sc3nc(-c4ccccc4C)nn3c2=O)cc1. The maximum Gasteiger partial charge on any atom is 0.291 e. The predicted molar refractivity (Wildman–Crippen MR) is 151 cm³/mol. The van der Waals surface area contributed by atoms with Crippen LogP contribution in [0.2, 0.25) is 0 Å². The summed E-state index contributed by atoms with van der Waals surface area (Å²) >= 11 is 1.32. The van der Waals surface area contributed by atoms with Crippen molar-refractivity contribution in [3.05, 3.63) is 111 Å². The highest BCUT2D eigenvalue weighted by Gasteiger charge is 2.16. The van der Waals surface area contributed by atoms with E-state index in [1.54, 1.807) is 0 Å². The molecular weight excluding hydrogens is 494 g/mol. The number of aryl methyl sites for hydroxylation is 1. The normalized spacial score (nSPS) is 11.9. The number of rotatable bonds is 7. The van der Waals surface area contributed by atoms with Crippen molar-refractivity contribution in [2.24, 2.45) is 0 Å². The second kappa shape index (κ2) is 10.1. The number of hydrogen-bond acceptors (Lipinski definition) is 6. The van der Waals surface area contributed by atoms with E-state index in [9.17, 15) is 4.79 Å². The summed E-state index contributed by atoms with van der Waals surface area (Å²) in [5, 5.41) is 9.40. The van der Waals surface area contributed by atoms with Crippen LogP contribution in [-0.2, 0) is 0 Å². The summed E-state index contributed by atoms with van der Waals surface area (Å²) in [6.07, 6.45) is 4.77. The molecule has 38 heavy (non-hydrogen) atoms. The van der Waals surface area contributed by atoms with E-state index in [-0.39, 0.29) is 5.56 Å². The third-order valence-corrected chi connectivity index (χ3v) is 7.18. The van der Waals surface area contributed by atoms with E-state index in [0.29, 0.717) is 21.9 Å². The van der Waals surface area contributed by atoms with Gasteiger partial charge in [-0.2, -0.15) is 14.6 Å². The molecule has 8 heteroatoms. The van der Waals surface area contributed by atoms with E-state index in [1.165, 1.54) is 15.9 Å². The standard InChI is InChI=1S/C30H25N5O2S/c1-3-17-37-24-15-13-21(14-16-24)27-22(19-34(32-27)23-10-5-4-6-11-23)18-26-29(36)35-30(38-26)31-28(33-35)25-12-8-7-9-20(25)2/h4-16,18-19H,3,17H2,1-2H3/b26-18-. The van der Waals surface area contributed by atoms with Crippen molar-refractivity contribution >= 4 is 22.4 Å². The van der Waals surface area contributed by atoms with Crippen molar-refractivity contribution in [3.63, 3.8) is 0 Å². The maximum absolute atomic E-state index is 13.3. The molecule has 0 unspecified atom stereocenters. The summed E-state index contributed by atoms with van der Waals surface area (Å²) in [6, 6.07) is 25.7. The Kier molecular flexibility index (Phi) is 6.31. The summed E-state index contributed by atoms with van der Waals surface area (Å²) in [7, 11) is 0. The third-order valence-electron chi connectivity index (χ3n) is 6.22. The van der Waals surface area contributed by atoms with Gasteiger partial charge in [0.15, 0.2) is 5.82 Å². The van der Waals surface area contributed by atoms with Gasteiger partial charge >= 0.3 is 0 Å². The molecule has 188 valence electrons. The quantitative estimate of drug-likeness (QED) is 0.286. The molecule has 0 aliphatic heterocycles. The first-order valence-corrected chi connectivity index (χ1v) is 13.3. The molecule has 0 saturated carbocycles. The molecule has 0 aliphatic rings. The summed E-state index contributed by atoms with van der Waals surface area (Å²) in [5.41, 5.74) is 5.26. The van der Waals surface area contributed by atoms with Gasteiger partial charge in [-0.05, 0) is 61.4 Å². The molecule has 3 aromatic heterocycles. The molecule has 0 spiro atoms. The number of hydrogen-bond donors (Lipinski definition) is 0. The fourth-order valence-electron chi connectivity index (χ4n) is 4.27. The van der Waals surface area contributed by atoms with Gasteiger partial charge in [0.1, 0.15) is 11.4 Å². The first kappa shape index (κ1) is 23.8. The molecule has 0 saturated heterocycles. The highest BCUT2D eigenvalue weighted by molar-refractivity contribution is 7.15. The zero-order valence-electron chi connectivity index (χ0n) is 21.0. The fraction of sp³-hybridized carbons (Fsp3) is 0.133. The maximum atomic E-state index is 13.3. The van der Waals surface area contributed by atoms with Gasteiger partial charge in [-0.3, -0.25) is 4.79 Å². The van der Waals surface area contributed by atoms with Crippen LogP contribution in [0, 0.1) is 6.92 Å². The zero-order chi connectivity index (χ0) is 26.1. The lowest BCUT2D eigenvalue weighted by atomic mass is 10.1. The number of benzene rings is 3. The minimum atomic E-state index is -0.195. The van der Waals surface area contributed by atoms with Crippen LogP contribution in [0.25, 0.3) is 39.4 Å². The Morgan fingerprint density at radius 1 is 0.947 bits per heavy atom. The van der Waals surface area contributed by atoms with E-state index in [1.807, 2.05) is 103 Å². The van der Waals surface area contributed by atoms with Crippen molar-refractivity contribution in [3.8, 4) is 34.1 Å². The van der Waals surface area contributed by atoms with Crippen LogP contribution >= 0.6 is 11.3 Å². The largest absolute Gasteiger partial charge is 0.494 e. The van der Waals surface area contributed by atoms with Gasteiger partial charge in [0, 0.05) is 22.9 Å².